The van der Waals surface area contributed by atoms with E-state index in [0.717, 1.165) is 5.75 Å². The molecule has 0 amide bonds. The molecule has 5 rings (SSSR count). The van der Waals surface area contributed by atoms with Crippen LogP contribution in [0.5, 0.6) is 5.75 Å². The topological polar surface area (TPSA) is 9.23 Å². The zero-order chi connectivity index (χ0) is 30.4. The molecule has 0 heterocycles. The van der Waals surface area contributed by atoms with Crippen molar-refractivity contribution >= 4 is 14.1 Å². The number of fused-ring (bicyclic) bond motifs is 2. The van der Waals surface area contributed by atoms with Gasteiger partial charge in [-0.05, 0) is 127 Å². The van der Waals surface area contributed by atoms with Crippen molar-refractivity contribution in [3.8, 4) is 16.9 Å². The van der Waals surface area contributed by atoms with Crippen molar-refractivity contribution in [2.75, 3.05) is 7.11 Å². The van der Waals surface area contributed by atoms with Crippen molar-refractivity contribution in [3.05, 3.63) is 79.4 Å². The third-order valence-corrected chi connectivity index (χ3v) is 15.5. The van der Waals surface area contributed by atoms with Gasteiger partial charge in [0.15, 0.2) is 0 Å². The average molecular weight is 729 g/mol. The van der Waals surface area contributed by atoms with Crippen molar-refractivity contribution in [2.24, 2.45) is 0 Å². The maximum atomic E-state index is 6.16. The molecule has 0 radical (unpaired) electrons. The van der Waals surface area contributed by atoms with Crippen molar-refractivity contribution in [3.63, 3.8) is 0 Å². The Morgan fingerprint density at radius 3 is 1.70 bits per heavy atom. The van der Waals surface area contributed by atoms with Gasteiger partial charge in [-0.15, -0.1) is 0 Å². The molecule has 0 saturated heterocycles. The van der Waals surface area contributed by atoms with E-state index in [1.165, 1.54) is 58.2 Å². The third-order valence-electron chi connectivity index (χ3n) is 10.9. The van der Waals surface area contributed by atoms with E-state index in [1.807, 2.05) is 7.11 Å². The van der Waals surface area contributed by atoms with E-state index >= 15 is 0 Å². The van der Waals surface area contributed by atoms with Crippen LogP contribution in [0.15, 0.2) is 46.1 Å². The molecule has 3 aliphatic carbocycles. The van der Waals surface area contributed by atoms with Gasteiger partial charge in [-0.3, -0.25) is 0 Å². The number of allylic oxidation sites excluding steroid dienone is 5. The maximum absolute atomic E-state index is 6.16. The first-order valence-corrected chi connectivity index (χ1v) is 19.0. The van der Waals surface area contributed by atoms with E-state index in [4.69, 9.17) is 4.74 Å². The van der Waals surface area contributed by atoms with Crippen LogP contribution in [-0.4, -0.2) is 15.2 Å². The Morgan fingerprint density at radius 1 is 0.750 bits per heavy atom. The number of hydrogen-bond acceptors (Lipinski definition) is 1. The number of hydrogen-bond donors (Lipinski definition) is 0. The summed E-state index contributed by atoms with van der Waals surface area (Å²) in [6.07, 6.45) is 6.24. The van der Waals surface area contributed by atoms with Crippen molar-refractivity contribution in [1.29, 1.82) is 0 Å². The molecule has 1 unspecified atom stereocenters. The van der Waals surface area contributed by atoms with Crippen molar-refractivity contribution in [1.82, 2.24) is 0 Å². The van der Waals surface area contributed by atoms with Crippen LogP contribution in [0, 0.1) is 0 Å². The molecule has 1 atom stereocenters. The minimum absolute atomic E-state index is 0. The van der Waals surface area contributed by atoms with Crippen molar-refractivity contribution in [2.45, 2.75) is 130 Å². The van der Waals surface area contributed by atoms with Gasteiger partial charge in [0.25, 0.3) is 0 Å². The van der Waals surface area contributed by atoms with Crippen LogP contribution in [0.4, 0.5) is 0 Å². The van der Waals surface area contributed by atoms with E-state index < -0.39 is 8.07 Å². The summed E-state index contributed by atoms with van der Waals surface area (Å²) in [7, 11) is 0.0291. The minimum atomic E-state index is -1.82. The Bertz CT molecular complexity index is 1490. The standard InChI is InChI=1S/C39H54OSi.2ClH.Zr/c1-22-18-30-31(36(22)41(13,14)37-25(4)23(2)24(3)26(37)5)19-27-16-15-17-29(27)34(30)28-20-32(38(6,7)8)35(40-12)33(21-28)39(9,10)11;;;/h18-21,36-37H,15-17H2,1-14H3;2*1H;/q;;;+2/p-2. The fourth-order valence-electron chi connectivity index (χ4n) is 8.79. The molecule has 0 bridgehead atoms. The van der Waals surface area contributed by atoms with Gasteiger partial charge in [-0.1, -0.05) is 83.5 Å². The molecule has 1 nitrogen and oxygen atoms in total. The Morgan fingerprint density at radius 2 is 1.25 bits per heavy atom. The van der Waals surface area contributed by atoms with Crippen LogP contribution in [0.3, 0.4) is 0 Å². The van der Waals surface area contributed by atoms with Crippen LogP contribution in [0.1, 0.15) is 122 Å². The third kappa shape index (κ3) is 6.23. The predicted octanol–water partition coefficient (Wildman–Crippen LogP) is 5.26. The largest absolute Gasteiger partial charge is 2.00 e. The quantitative estimate of drug-likeness (QED) is 0.391. The second-order valence-electron chi connectivity index (χ2n) is 16.0. The van der Waals surface area contributed by atoms with Gasteiger partial charge in [0.2, 0.25) is 0 Å². The molecule has 0 spiro atoms. The SMILES string of the molecule is COc1c(C(C)(C)C)cc(-c2c3c(cc4c2CCC4)C([Si](C)(C)C2C(C)=C(C)C(C)=C2C)C(C)=C3)cc1C(C)(C)C.[Cl-].[Cl-].[Zr+2]. The van der Waals surface area contributed by atoms with Gasteiger partial charge in [0.1, 0.15) is 5.75 Å². The summed E-state index contributed by atoms with van der Waals surface area (Å²) in [5, 5.41) is 0. The van der Waals surface area contributed by atoms with Gasteiger partial charge in [-0.25, -0.2) is 0 Å². The molecule has 238 valence electrons. The zero-order valence-corrected chi connectivity index (χ0v) is 34.7. The van der Waals surface area contributed by atoms with Gasteiger partial charge >= 0.3 is 26.2 Å². The van der Waals surface area contributed by atoms with Gasteiger partial charge in [-0.2, -0.15) is 0 Å². The molecule has 3 aliphatic rings. The molecule has 2 aromatic carbocycles. The summed E-state index contributed by atoms with van der Waals surface area (Å²) in [4.78, 5) is 0. The predicted molar refractivity (Wildman–Crippen MR) is 182 cm³/mol. The summed E-state index contributed by atoms with van der Waals surface area (Å²) >= 11 is 0. The Kier molecular flexibility index (Phi) is 11.9. The minimum Gasteiger partial charge on any atom is -1.00 e. The average Bonchev–Trinajstić information content (AvgIpc) is 3.52. The summed E-state index contributed by atoms with van der Waals surface area (Å²) in [5.41, 5.74) is 20.9. The number of aryl methyl sites for hydroxylation is 1. The second kappa shape index (κ2) is 13.3. The van der Waals surface area contributed by atoms with E-state index in [0.29, 0.717) is 11.1 Å². The number of halogens is 2. The van der Waals surface area contributed by atoms with Crippen LogP contribution < -0.4 is 29.6 Å². The Balaban J connectivity index is 0.00000225. The molecule has 0 aromatic heterocycles. The van der Waals surface area contributed by atoms with E-state index in [9.17, 15) is 0 Å². The van der Waals surface area contributed by atoms with Gasteiger partial charge in [0.05, 0.1) is 15.2 Å². The number of rotatable bonds is 4. The van der Waals surface area contributed by atoms with E-state index in [-0.39, 0.29) is 61.8 Å². The molecule has 0 N–H and O–H groups in total. The molecule has 0 aliphatic heterocycles. The molecule has 44 heavy (non-hydrogen) atoms. The molecule has 2 aromatic rings. The second-order valence-corrected chi connectivity index (χ2v) is 20.8. The zero-order valence-electron chi connectivity index (χ0n) is 29.7. The maximum Gasteiger partial charge on any atom is 2.00 e. The van der Waals surface area contributed by atoms with Gasteiger partial charge in [0, 0.05) is 16.7 Å². The first kappa shape index (κ1) is 39.3. The van der Waals surface area contributed by atoms with Gasteiger partial charge < -0.3 is 29.6 Å². The molecular weight excluding hydrogens is 675 g/mol. The van der Waals surface area contributed by atoms with E-state index in [1.54, 1.807) is 33.4 Å². The first-order valence-electron chi connectivity index (χ1n) is 15.9. The summed E-state index contributed by atoms with van der Waals surface area (Å²) < 4.78 is 6.16. The Labute approximate surface area is 301 Å². The number of benzene rings is 2. The summed E-state index contributed by atoms with van der Waals surface area (Å²) in [5.74, 6) is 1.06. The molecule has 0 saturated carbocycles. The van der Waals surface area contributed by atoms with Crippen LogP contribution in [0.25, 0.3) is 17.2 Å². The normalized spacial score (nSPS) is 18.4. The monoisotopic (exact) mass is 726 g/mol. The number of methoxy groups -OCH3 is 1. The summed E-state index contributed by atoms with van der Waals surface area (Å²) in [6, 6.07) is 7.61. The van der Waals surface area contributed by atoms with E-state index in [2.05, 4.69) is 114 Å². The fourth-order valence-corrected chi connectivity index (χ4v) is 14.1. The fraction of sp³-hybridized carbons (Fsp3) is 0.538. The Hall–Kier alpha value is -0.860. The van der Waals surface area contributed by atoms with Crippen LogP contribution in [0.2, 0.25) is 18.6 Å². The van der Waals surface area contributed by atoms with Crippen LogP contribution in [-0.2, 0) is 49.9 Å². The molecular formula is C39H54Cl2OSiZr. The van der Waals surface area contributed by atoms with Crippen LogP contribution >= 0.6 is 0 Å². The first-order chi connectivity index (χ1) is 18.9. The molecule has 5 heteroatoms. The number of ether oxygens (including phenoxy) is 1. The molecule has 0 fully saturated rings. The smallest absolute Gasteiger partial charge is 1.00 e. The summed E-state index contributed by atoms with van der Waals surface area (Å²) in [6.45, 7) is 31.2. The van der Waals surface area contributed by atoms with Crippen molar-refractivity contribution < 1.29 is 55.8 Å².